The molecule has 0 aromatic rings. The number of hydrogen-bond donors (Lipinski definition) is 0. The molecule has 1 atom stereocenters. The summed E-state index contributed by atoms with van der Waals surface area (Å²) in [5.74, 6) is 0. The van der Waals surface area contributed by atoms with Gasteiger partial charge in [-0.05, 0) is 13.8 Å². The molecule has 0 saturated carbocycles. The first kappa shape index (κ1) is 23.5. The second kappa shape index (κ2) is 15.4. The van der Waals surface area contributed by atoms with Crippen LogP contribution in [0, 0.1) is 12.2 Å². The number of halogens is 2. The second-order valence-corrected chi connectivity index (χ2v) is 5.60. The number of hydrogen-bond acceptors (Lipinski definition) is 0. The van der Waals surface area contributed by atoms with E-state index >= 15 is 0 Å². The molecule has 96 valence electrons. The summed E-state index contributed by atoms with van der Waals surface area (Å²) in [6, 6.07) is 0. The van der Waals surface area contributed by atoms with Crippen molar-refractivity contribution in [1.82, 2.24) is 0 Å². The van der Waals surface area contributed by atoms with Crippen molar-refractivity contribution in [2.75, 3.05) is 0 Å². The molecule has 2 aliphatic carbocycles. The topological polar surface area (TPSA) is 0 Å². The van der Waals surface area contributed by atoms with Gasteiger partial charge in [0.1, 0.15) is 0 Å². The van der Waals surface area contributed by atoms with Gasteiger partial charge in [-0.15, -0.1) is 17.7 Å². The van der Waals surface area contributed by atoms with Gasteiger partial charge in [0.2, 0.25) is 0 Å². The largest absolute Gasteiger partial charge is 4.00 e. The van der Waals surface area contributed by atoms with Crippen molar-refractivity contribution in [2.45, 2.75) is 25.8 Å². The second-order valence-electron chi connectivity index (χ2n) is 3.84. The van der Waals surface area contributed by atoms with Crippen molar-refractivity contribution in [2.24, 2.45) is 0 Å². The Bertz CT molecular complexity index is 305. The van der Waals surface area contributed by atoms with Gasteiger partial charge in [-0.3, -0.25) is 12.2 Å². The van der Waals surface area contributed by atoms with E-state index in [4.69, 9.17) is 0 Å². The van der Waals surface area contributed by atoms with E-state index in [9.17, 15) is 0 Å². The predicted octanol–water partition coefficient (Wildman–Crippen LogP) is -2.89. The summed E-state index contributed by atoms with van der Waals surface area (Å²) in [4.78, 5) is 0. The van der Waals surface area contributed by atoms with Gasteiger partial charge < -0.3 is 24.8 Å². The quantitative estimate of drug-likeness (QED) is 0.305. The molecule has 0 N–H and O–H groups in total. The summed E-state index contributed by atoms with van der Waals surface area (Å²) in [6.07, 6.45) is 19.7. The molecule has 2 aliphatic rings. The zero-order chi connectivity index (χ0) is 10.9. The van der Waals surface area contributed by atoms with E-state index in [2.05, 4.69) is 49.9 Å². The molecule has 0 aliphatic heterocycles. The van der Waals surface area contributed by atoms with Crippen LogP contribution in [0.4, 0.5) is 0 Å². The molecule has 4 heteroatoms. The molecular formula is C14H18Cl2HfSi. The molecule has 0 amide bonds. The third kappa shape index (κ3) is 12.8. The fraction of sp³-hybridized carbons (Fsp3) is 0.286. The minimum absolute atomic E-state index is 0. The summed E-state index contributed by atoms with van der Waals surface area (Å²) >= 11 is 0. The Morgan fingerprint density at radius 3 is 2.28 bits per heavy atom. The maximum atomic E-state index is 3.29. The summed E-state index contributed by atoms with van der Waals surface area (Å²) in [5.41, 5.74) is 4.52. The van der Waals surface area contributed by atoms with Gasteiger partial charge in [-0.2, -0.15) is 12.2 Å². The van der Waals surface area contributed by atoms with E-state index in [1.807, 2.05) is 18.2 Å². The Kier molecular flexibility index (Phi) is 20.1. The fourth-order valence-corrected chi connectivity index (χ4v) is 2.59. The van der Waals surface area contributed by atoms with Crippen LogP contribution in [0.15, 0.2) is 47.7 Å². The number of rotatable bonds is 2. The van der Waals surface area contributed by atoms with E-state index in [1.54, 1.807) is 0 Å². The van der Waals surface area contributed by atoms with Gasteiger partial charge >= 0.3 is 25.8 Å². The van der Waals surface area contributed by atoms with Gasteiger partial charge in [0, 0.05) is 9.52 Å². The van der Waals surface area contributed by atoms with E-state index in [1.165, 1.54) is 5.57 Å². The fourth-order valence-electron chi connectivity index (χ4n) is 1.27. The van der Waals surface area contributed by atoms with Crippen LogP contribution in [0.3, 0.4) is 0 Å². The minimum atomic E-state index is -0.0509. The van der Waals surface area contributed by atoms with Crippen LogP contribution in [-0.4, -0.2) is 9.52 Å². The molecule has 18 heavy (non-hydrogen) atoms. The maximum Gasteiger partial charge on any atom is 4.00 e. The summed E-state index contributed by atoms with van der Waals surface area (Å²) in [6.45, 7) is 4.32. The molecular weight excluding hydrogens is 446 g/mol. The summed E-state index contributed by atoms with van der Waals surface area (Å²) < 4.78 is 0. The molecule has 0 nitrogen and oxygen atoms in total. The average molecular weight is 464 g/mol. The first-order chi connectivity index (χ1) is 7.29. The van der Waals surface area contributed by atoms with E-state index in [0.29, 0.717) is 5.54 Å². The minimum Gasteiger partial charge on any atom is -1.00 e. The first-order valence-corrected chi connectivity index (χ1v) is 7.03. The summed E-state index contributed by atoms with van der Waals surface area (Å²) in [5, 5.41) is 0. The number of allylic oxidation sites excluding steroid dienone is 9. The van der Waals surface area contributed by atoms with Crippen molar-refractivity contribution < 1.29 is 50.7 Å². The van der Waals surface area contributed by atoms with Crippen LogP contribution in [0.2, 0.25) is 5.54 Å². The van der Waals surface area contributed by atoms with E-state index in [-0.39, 0.29) is 60.2 Å². The maximum absolute atomic E-state index is 3.29. The van der Waals surface area contributed by atoms with Crippen LogP contribution >= 0.6 is 0 Å². The van der Waals surface area contributed by atoms with Crippen LogP contribution in [0.25, 0.3) is 0 Å². The SMILES string of the molecule is CC(C)=C[SiH2]C1[C-]=CC=C1.[C-]1=CC=CC1.[Cl-].[Cl-].[Hf+4]. The average Bonchev–Trinajstić information content (AvgIpc) is 2.91. The molecule has 0 radical (unpaired) electrons. The molecule has 0 heterocycles. The van der Waals surface area contributed by atoms with Crippen molar-refractivity contribution in [3.63, 3.8) is 0 Å². The van der Waals surface area contributed by atoms with Crippen molar-refractivity contribution in [3.8, 4) is 0 Å². The Labute approximate surface area is 145 Å². The van der Waals surface area contributed by atoms with E-state index < -0.39 is 0 Å². The normalized spacial score (nSPS) is 17.6. The third-order valence-corrected chi connectivity index (χ3v) is 4.18. The monoisotopic (exact) mass is 464 g/mol. The third-order valence-electron chi connectivity index (χ3n) is 2.12. The smallest absolute Gasteiger partial charge is 1.00 e. The van der Waals surface area contributed by atoms with Crippen molar-refractivity contribution in [1.29, 1.82) is 0 Å². The summed E-state index contributed by atoms with van der Waals surface area (Å²) in [7, 11) is -0.0509. The van der Waals surface area contributed by atoms with Gasteiger partial charge in [-0.25, -0.2) is 24.3 Å². The molecule has 0 fully saturated rings. The van der Waals surface area contributed by atoms with Gasteiger partial charge in [0.25, 0.3) is 0 Å². The van der Waals surface area contributed by atoms with Crippen LogP contribution in [0.1, 0.15) is 20.3 Å². The van der Waals surface area contributed by atoms with Gasteiger partial charge in [0.15, 0.2) is 0 Å². The molecule has 0 bridgehead atoms. The Hall–Kier alpha value is 0.367. The molecule has 0 aromatic heterocycles. The molecule has 1 unspecified atom stereocenters. The molecule has 0 spiro atoms. The zero-order valence-electron chi connectivity index (χ0n) is 10.8. The Balaban J connectivity index is -0.000000245. The standard InChI is InChI=1S/C9H13Si.C5H5.2ClH.Hf/c1-8(2)7-10-9-5-3-4-6-9;1-2-4-5-3-1;;;/h3-5,7,9H,10H2,1-2H3;1-3H,4H2;2*1H;/q2*-1;;;+4/p-2. The predicted molar refractivity (Wildman–Crippen MR) is 70.2 cm³/mol. The van der Waals surface area contributed by atoms with Crippen LogP contribution < -0.4 is 24.8 Å². The van der Waals surface area contributed by atoms with Crippen LogP contribution in [-0.2, 0) is 25.8 Å². The van der Waals surface area contributed by atoms with E-state index in [0.717, 1.165) is 6.42 Å². The Morgan fingerprint density at radius 2 is 1.94 bits per heavy atom. The van der Waals surface area contributed by atoms with Gasteiger partial charge in [-0.1, -0.05) is 5.57 Å². The van der Waals surface area contributed by atoms with Crippen molar-refractivity contribution >= 4 is 9.52 Å². The van der Waals surface area contributed by atoms with Crippen molar-refractivity contribution in [3.05, 3.63) is 59.9 Å². The zero-order valence-corrected chi connectivity index (χ0v) is 17.3. The van der Waals surface area contributed by atoms with Gasteiger partial charge in [0.05, 0.1) is 0 Å². The first-order valence-electron chi connectivity index (χ1n) is 5.40. The molecule has 0 saturated heterocycles. The molecule has 2 rings (SSSR count). The molecule has 0 aromatic carbocycles. The Morgan fingerprint density at radius 1 is 1.22 bits per heavy atom. The van der Waals surface area contributed by atoms with Crippen LogP contribution in [0.5, 0.6) is 0 Å².